The van der Waals surface area contributed by atoms with Crippen molar-refractivity contribution in [3.8, 4) is 66.8 Å². The van der Waals surface area contributed by atoms with Crippen molar-refractivity contribution in [1.82, 2.24) is 0 Å². The number of hydrogen-bond donors (Lipinski definition) is 0. The maximum absolute atomic E-state index is 13.7. The molecule has 0 radical (unpaired) electrons. The lowest BCUT2D eigenvalue weighted by Crippen LogP contribution is -2.07. The standard InChI is InChI=1S/C46H35F3/c1-30-14-16-39(28-32(30)3)33-18-22-35(23-19-33)41-26-27-42(45(38-12-8-5-9-13-38)44(41)37-10-6-4-7-11-37)36-24-20-34(21-25-36)40-17-15-31(2)43(29-40)46(47,48)49/h4-29H,1-3H3. The number of aryl methyl sites for hydroxylation is 3. The van der Waals surface area contributed by atoms with Crippen molar-refractivity contribution in [2.45, 2.75) is 26.9 Å². The van der Waals surface area contributed by atoms with E-state index in [0.717, 1.165) is 50.1 Å². The minimum atomic E-state index is -4.40. The number of rotatable bonds is 6. The van der Waals surface area contributed by atoms with E-state index in [1.807, 2.05) is 36.4 Å². The van der Waals surface area contributed by atoms with Gasteiger partial charge in [-0.25, -0.2) is 0 Å². The predicted molar refractivity (Wildman–Crippen MR) is 198 cm³/mol. The Balaban J connectivity index is 1.38. The van der Waals surface area contributed by atoms with Crippen LogP contribution in [-0.4, -0.2) is 0 Å². The molecule has 0 aliphatic rings. The first-order valence-corrected chi connectivity index (χ1v) is 16.4. The summed E-state index contributed by atoms with van der Waals surface area (Å²) in [6, 6.07) is 53.0. The van der Waals surface area contributed by atoms with E-state index in [4.69, 9.17) is 0 Å². The highest BCUT2D eigenvalue weighted by Crippen LogP contribution is 2.46. The van der Waals surface area contributed by atoms with E-state index >= 15 is 0 Å². The summed E-state index contributed by atoms with van der Waals surface area (Å²) in [6.45, 7) is 5.77. The Labute approximate surface area is 286 Å². The third-order valence-electron chi connectivity index (χ3n) is 9.44. The van der Waals surface area contributed by atoms with Gasteiger partial charge in [0.2, 0.25) is 0 Å². The van der Waals surface area contributed by atoms with Gasteiger partial charge < -0.3 is 0 Å². The number of alkyl halides is 3. The largest absolute Gasteiger partial charge is 0.416 e. The van der Waals surface area contributed by atoms with Crippen LogP contribution in [0.3, 0.4) is 0 Å². The van der Waals surface area contributed by atoms with Crippen LogP contribution in [0.4, 0.5) is 13.2 Å². The maximum atomic E-state index is 13.7. The van der Waals surface area contributed by atoms with Gasteiger partial charge in [0.1, 0.15) is 0 Å². The summed E-state index contributed by atoms with van der Waals surface area (Å²) in [5.74, 6) is 0. The van der Waals surface area contributed by atoms with Crippen molar-refractivity contribution in [1.29, 1.82) is 0 Å². The van der Waals surface area contributed by atoms with Crippen molar-refractivity contribution in [2.24, 2.45) is 0 Å². The van der Waals surface area contributed by atoms with Crippen LogP contribution < -0.4 is 0 Å². The highest BCUT2D eigenvalue weighted by Gasteiger charge is 2.32. The molecule has 0 heterocycles. The Kier molecular flexibility index (Phi) is 8.52. The number of halogens is 3. The van der Waals surface area contributed by atoms with Gasteiger partial charge in [0.25, 0.3) is 0 Å². The SMILES string of the molecule is Cc1ccc(-c2ccc(-c3ccc(-c4ccc(-c5ccc(C)c(C(F)(F)F)c5)cc4)c(-c4ccccc4)c3-c3ccccc3)cc2)cc1C. The van der Waals surface area contributed by atoms with Crippen LogP contribution in [0.2, 0.25) is 0 Å². The molecule has 0 fully saturated rings. The van der Waals surface area contributed by atoms with Crippen LogP contribution in [-0.2, 0) is 6.18 Å². The molecule has 0 N–H and O–H groups in total. The Morgan fingerprint density at radius 1 is 0.327 bits per heavy atom. The molecule has 7 aromatic rings. The average Bonchev–Trinajstić information content (AvgIpc) is 3.13. The average molecular weight is 645 g/mol. The van der Waals surface area contributed by atoms with Gasteiger partial charge in [0.15, 0.2) is 0 Å². The molecular weight excluding hydrogens is 610 g/mol. The highest BCUT2D eigenvalue weighted by atomic mass is 19.4. The van der Waals surface area contributed by atoms with Crippen molar-refractivity contribution in [2.75, 3.05) is 0 Å². The van der Waals surface area contributed by atoms with Crippen LogP contribution >= 0.6 is 0 Å². The van der Waals surface area contributed by atoms with Gasteiger partial charge in [-0.1, -0.05) is 152 Å². The monoisotopic (exact) mass is 644 g/mol. The highest BCUT2D eigenvalue weighted by molar-refractivity contribution is 6.01. The fraction of sp³-hybridized carbons (Fsp3) is 0.0870. The Morgan fingerprint density at radius 3 is 1.14 bits per heavy atom. The summed E-state index contributed by atoms with van der Waals surface area (Å²) >= 11 is 0. The van der Waals surface area contributed by atoms with Gasteiger partial charge in [0, 0.05) is 0 Å². The topological polar surface area (TPSA) is 0 Å². The molecule has 0 atom stereocenters. The summed E-state index contributed by atoms with van der Waals surface area (Å²) in [7, 11) is 0. The van der Waals surface area contributed by atoms with E-state index in [0.29, 0.717) is 5.56 Å². The summed E-state index contributed by atoms with van der Waals surface area (Å²) in [5, 5.41) is 0. The molecule has 0 aliphatic carbocycles. The molecule has 0 aromatic heterocycles. The summed E-state index contributed by atoms with van der Waals surface area (Å²) in [4.78, 5) is 0. The second kappa shape index (κ2) is 13.1. The van der Waals surface area contributed by atoms with Gasteiger partial charge in [-0.15, -0.1) is 0 Å². The zero-order chi connectivity index (χ0) is 34.1. The molecule has 0 nitrogen and oxygen atoms in total. The van der Waals surface area contributed by atoms with Crippen molar-refractivity contribution in [3.63, 3.8) is 0 Å². The first-order chi connectivity index (χ1) is 23.7. The second-order valence-electron chi connectivity index (χ2n) is 12.6. The fourth-order valence-electron chi connectivity index (χ4n) is 6.61. The van der Waals surface area contributed by atoms with Crippen molar-refractivity contribution in [3.05, 3.63) is 180 Å². The molecule has 49 heavy (non-hydrogen) atoms. The normalized spacial score (nSPS) is 11.5. The molecule has 3 heteroatoms. The van der Waals surface area contributed by atoms with E-state index in [1.165, 1.54) is 35.2 Å². The van der Waals surface area contributed by atoms with E-state index in [1.54, 1.807) is 12.1 Å². The number of benzene rings is 7. The van der Waals surface area contributed by atoms with Crippen LogP contribution in [0.5, 0.6) is 0 Å². The molecule has 7 rings (SSSR count). The smallest absolute Gasteiger partial charge is 0.166 e. The Hall–Kier alpha value is -5.67. The van der Waals surface area contributed by atoms with Crippen LogP contribution in [0.15, 0.2) is 158 Å². The molecule has 240 valence electrons. The summed E-state index contributed by atoms with van der Waals surface area (Å²) in [6.07, 6.45) is -4.40. The van der Waals surface area contributed by atoms with Gasteiger partial charge in [0.05, 0.1) is 5.56 Å². The van der Waals surface area contributed by atoms with Gasteiger partial charge >= 0.3 is 6.18 Å². The summed E-state index contributed by atoms with van der Waals surface area (Å²) < 4.78 is 41.1. The lowest BCUT2D eigenvalue weighted by Gasteiger charge is -2.21. The van der Waals surface area contributed by atoms with E-state index in [9.17, 15) is 13.2 Å². The number of hydrogen-bond acceptors (Lipinski definition) is 0. The van der Waals surface area contributed by atoms with E-state index in [-0.39, 0.29) is 5.56 Å². The lowest BCUT2D eigenvalue weighted by molar-refractivity contribution is -0.138. The first-order valence-electron chi connectivity index (χ1n) is 16.4. The predicted octanol–water partition coefficient (Wildman–Crippen LogP) is 13.6. The minimum Gasteiger partial charge on any atom is -0.166 e. The molecule has 0 saturated carbocycles. The molecule has 7 aromatic carbocycles. The molecule has 0 spiro atoms. The van der Waals surface area contributed by atoms with E-state index < -0.39 is 11.7 Å². The van der Waals surface area contributed by atoms with Crippen molar-refractivity contribution < 1.29 is 13.2 Å². The van der Waals surface area contributed by atoms with Gasteiger partial charge in [-0.2, -0.15) is 13.2 Å². The molecule has 0 saturated heterocycles. The first kappa shape index (κ1) is 31.9. The Morgan fingerprint density at radius 2 is 0.714 bits per heavy atom. The summed E-state index contributed by atoms with van der Waals surface area (Å²) in [5.41, 5.74) is 14.5. The molecule has 0 bridgehead atoms. The van der Waals surface area contributed by atoms with Gasteiger partial charge in [-0.05, 0) is 110 Å². The lowest BCUT2D eigenvalue weighted by atomic mass is 9.82. The third-order valence-corrected chi connectivity index (χ3v) is 9.44. The zero-order valence-corrected chi connectivity index (χ0v) is 27.6. The van der Waals surface area contributed by atoms with Crippen LogP contribution in [0, 0.1) is 20.8 Å². The second-order valence-corrected chi connectivity index (χ2v) is 12.6. The molecule has 0 aliphatic heterocycles. The minimum absolute atomic E-state index is 0.216. The van der Waals surface area contributed by atoms with E-state index in [2.05, 4.69) is 117 Å². The van der Waals surface area contributed by atoms with Crippen LogP contribution in [0.1, 0.15) is 22.3 Å². The molecule has 0 unspecified atom stereocenters. The van der Waals surface area contributed by atoms with Crippen LogP contribution in [0.25, 0.3) is 66.8 Å². The molecular formula is C46H35F3. The van der Waals surface area contributed by atoms with Gasteiger partial charge in [-0.3, -0.25) is 0 Å². The maximum Gasteiger partial charge on any atom is 0.416 e. The third kappa shape index (κ3) is 6.45. The Bertz CT molecular complexity index is 2250. The fourth-order valence-corrected chi connectivity index (χ4v) is 6.61. The zero-order valence-electron chi connectivity index (χ0n) is 27.6. The molecule has 0 amide bonds. The van der Waals surface area contributed by atoms with Crippen molar-refractivity contribution >= 4 is 0 Å². The quantitative estimate of drug-likeness (QED) is 0.169.